The van der Waals surface area contributed by atoms with Gasteiger partial charge in [-0.2, -0.15) is 0 Å². The van der Waals surface area contributed by atoms with Gasteiger partial charge in [-0.3, -0.25) is 33.8 Å². The number of alkyl halides is 3. The fraction of sp³-hybridized carbons (Fsp3) is 0.306. The molecule has 0 unspecified atom stereocenters. The summed E-state index contributed by atoms with van der Waals surface area (Å²) >= 11 is 17.9. The Morgan fingerprint density at radius 3 is 2.23 bits per heavy atom. The summed E-state index contributed by atoms with van der Waals surface area (Å²) in [6.07, 6.45) is 1.91. The third kappa shape index (κ3) is 4.64. The highest BCUT2D eigenvalue weighted by Crippen LogP contribution is 2.66. The van der Waals surface area contributed by atoms with Gasteiger partial charge in [0.2, 0.25) is 11.8 Å². The predicted molar refractivity (Wildman–Crippen MR) is 181 cm³/mol. The van der Waals surface area contributed by atoms with Gasteiger partial charge in [0, 0.05) is 22.6 Å². The van der Waals surface area contributed by atoms with E-state index in [-0.39, 0.29) is 37.3 Å². The van der Waals surface area contributed by atoms with Gasteiger partial charge in [-0.15, -0.1) is 23.2 Å². The normalized spacial score (nSPS) is 29.4. The van der Waals surface area contributed by atoms with Crippen molar-refractivity contribution in [2.45, 2.75) is 28.5 Å². The smallest absolute Gasteiger partial charge is 0.254 e. The van der Waals surface area contributed by atoms with Crippen LogP contribution in [0.5, 0.6) is 5.75 Å². The molecule has 2 saturated heterocycles. The minimum atomic E-state index is -1.97. The van der Waals surface area contributed by atoms with Crippen molar-refractivity contribution in [2.24, 2.45) is 17.8 Å². The van der Waals surface area contributed by atoms with Crippen LogP contribution in [0.15, 0.2) is 90.5 Å². The Hall–Kier alpha value is -3.83. The fourth-order valence-corrected chi connectivity index (χ4v) is 9.29. The molecule has 7 rings (SSSR count). The minimum absolute atomic E-state index is 0.0315. The molecule has 3 fully saturated rings. The van der Waals surface area contributed by atoms with Gasteiger partial charge >= 0.3 is 0 Å². The summed E-state index contributed by atoms with van der Waals surface area (Å²) in [5, 5.41) is 9.49. The summed E-state index contributed by atoms with van der Waals surface area (Å²) in [6.45, 7) is -0.293. The van der Waals surface area contributed by atoms with Crippen LogP contribution in [0, 0.1) is 17.8 Å². The van der Waals surface area contributed by atoms with Crippen molar-refractivity contribution in [3.8, 4) is 5.75 Å². The molecule has 246 valence electrons. The largest absolute Gasteiger partial charge is 0.491 e. The van der Waals surface area contributed by atoms with Crippen LogP contribution in [0.25, 0.3) is 0 Å². The Morgan fingerprint density at radius 2 is 1.54 bits per heavy atom. The first-order valence-corrected chi connectivity index (χ1v) is 17.4. The number of aliphatic hydroxyl groups is 1. The number of hydrogen-bond donors (Lipinski definition) is 1. The lowest BCUT2D eigenvalue weighted by Crippen LogP contribution is -2.60. The number of ether oxygens (including phenoxy) is 1. The second kappa shape index (κ2) is 12.2. The highest BCUT2D eigenvalue weighted by molar-refractivity contribution is 9.09. The average molecular weight is 752 g/mol. The third-order valence-electron chi connectivity index (χ3n) is 10.0. The zero-order valence-corrected chi connectivity index (χ0v) is 28.5. The van der Waals surface area contributed by atoms with Crippen LogP contribution in [0.3, 0.4) is 0 Å². The minimum Gasteiger partial charge on any atom is -0.491 e. The maximum Gasteiger partial charge on any atom is 0.254 e. The van der Waals surface area contributed by atoms with Crippen molar-refractivity contribution in [1.82, 2.24) is 4.90 Å². The summed E-state index contributed by atoms with van der Waals surface area (Å²) in [6, 6.07) is 22.0. The molecule has 2 aliphatic heterocycles. The maximum atomic E-state index is 14.4. The molecule has 0 spiro atoms. The lowest BCUT2D eigenvalue weighted by molar-refractivity contribution is -0.138. The van der Waals surface area contributed by atoms with Crippen molar-refractivity contribution in [3.63, 3.8) is 0 Å². The molecule has 0 bridgehead atoms. The van der Waals surface area contributed by atoms with Gasteiger partial charge in [0.15, 0.2) is 15.5 Å². The molecule has 4 aliphatic rings. The van der Waals surface area contributed by atoms with E-state index >= 15 is 0 Å². The average Bonchev–Trinajstić information content (AvgIpc) is 3.44. The van der Waals surface area contributed by atoms with Gasteiger partial charge in [-0.05, 0) is 49.1 Å². The van der Waals surface area contributed by atoms with Gasteiger partial charge in [-0.1, -0.05) is 76.1 Å². The number of imide groups is 2. The van der Waals surface area contributed by atoms with E-state index in [1.807, 2.05) is 12.1 Å². The van der Waals surface area contributed by atoms with Gasteiger partial charge in [0.1, 0.15) is 12.4 Å². The summed E-state index contributed by atoms with van der Waals surface area (Å²) in [4.78, 5) is 67.4. The molecule has 2 heterocycles. The van der Waals surface area contributed by atoms with Crippen LogP contribution in [0.4, 0.5) is 5.69 Å². The van der Waals surface area contributed by atoms with Crippen LogP contribution < -0.4 is 9.64 Å². The number of hydrogen-bond acceptors (Lipinski definition) is 7. The molecule has 3 aromatic carbocycles. The lowest BCUT2D eigenvalue weighted by atomic mass is 9.56. The first-order valence-electron chi connectivity index (χ1n) is 15.5. The zero-order chi connectivity index (χ0) is 34.0. The van der Waals surface area contributed by atoms with Gasteiger partial charge in [0.25, 0.3) is 11.8 Å². The molecule has 48 heavy (non-hydrogen) atoms. The number of rotatable bonds is 8. The molecule has 0 radical (unpaired) electrons. The summed E-state index contributed by atoms with van der Waals surface area (Å²) in [7, 11) is 0. The van der Waals surface area contributed by atoms with E-state index in [2.05, 4.69) is 15.9 Å². The number of likely N-dealkylation sites (tertiary alicyclic amines) is 1. The number of anilines is 1. The Kier molecular flexibility index (Phi) is 8.35. The molecule has 12 heteroatoms. The van der Waals surface area contributed by atoms with Crippen LogP contribution in [0.1, 0.15) is 40.2 Å². The number of benzene rings is 3. The Balaban J connectivity index is 1.29. The van der Waals surface area contributed by atoms with Crippen LogP contribution >= 0.6 is 39.1 Å². The fourth-order valence-electron chi connectivity index (χ4n) is 7.88. The summed E-state index contributed by atoms with van der Waals surface area (Å²) < 4.78 is 5.86. The Labute approximate surface area is 294 Å². The number of amides is 4. The molecular weight excluding hydrogens is 723 g/mol. The maximum absolute atomic E-state index is 14.4. The number of halogens is 3. The molecule has 4 amide bonds. The highest BCUT2D eigenvalue weighted by atomic mass is 79.9. The number of carbonyl (C=O) groups is 5. The van der Waals surface area contributed by atoms with E-state index in [0.29, 0.717) is 33.7 Å². The van der Waals surface area contributed by atoms with Crippen molar-refractivity contribution < 1.29 is 33.8 Å². The first-order chi connectivity index (χ1) is 23.1. The quantitative estimate of drug-likeness (QED) is 0.110. The van der Waals surface area contributed by atoms with Gasteiger partial charge < -0.3 is 9.84 Å². The lowest BCUT2D eigenvalue weighted by Gasteiger charge is -2.51. The van der Waals surface area contributed by atoms with Crippen LogP contribution in [-0.4, -0.2) is 67.8 Å². The Bertz CT molecular complexity index is 1890. The number of ketones is 1. The number of para-hydroxylation sites is 1. The van der Waals surface area contributed by atoms with Crippen LogP contribution in [0.2, 0.25) is 0 Å². The molecule has 0 aromatic heterocycles. The number of allylic oxidation sites excluding steroid dienone is 2. The zero-order valence-electron chi connectivity index (χ0n) is 25.4. The van der Waals surface area contributed by atoms with E-state index in [9.17, 15) is 29.1 Å². The van der Waals surface area contributed by atoms with Gasteiger partial charge in [-0.25, -0.2) is 0 Å². The molecule has 6 atom stereocenters. The first kappa shape index (κ1) is 32.7. The van der Waals surface area contributed by atoms with E-state index < -0.39 is 57.0 Å². The predicted octanol–water partition coefficient (Wildman–Crippen LogP) is 5.20. The monoisotopic (exact) mass is 750 g/mol. The topological polar surface area (TPSA) is 121 Å². The summed E-state index contributed by atoms with van der Waals surface area (Å²) in [5.41, 5.74) is 2.23. The van der Waals surface area contributed by atoms with Crippen LogP contribution in [-0.2, 0) is 19.2 Å². The van der Waals surface area contributed by atoms with E-state index in [1.165, 1.54) is 0 Å². The SMILES string of the molecule is O=C(c1ccccc1)c1ccc(N2C(=O)[C@H]3[C@H](CC=C4[C@H]3C[C@@]3(Cl)C(=O)N(CBr)C(=O)[C@@]3(Cl)[C@H]4c3ccccc3OCCO)C2=O)cc1. The van der Waals surface area contributed by atoms with E-state index in [0.717, 1.165) is 9.80 Å². The second-order valence-corrected chi connectivity index (χ2v) is 14.1. The number of fused-ring (bicyclic) bond motifs is 4. The second-order valence-electron chi connectivity index (χ2n) is 12.4. The molecule has 3 aromatic rings. The van der Waals surface area contributed by atoms with Gasteiger partial charge in [0.05, 0.1) is 29.6 Å². The van der Waals surface area contributed by atoms with Crippen molar-refractivity contribution in [3.05, 3.63) is 107 Å². The number of aliphatic hydroxyl groups excluding tert-OH is 1. The molecule has 1 saturated carbocycles. The number of carbonyl (C=O) groups excluding carboxylic acids is 5. The van der Waals surface area contributed by atoms with Crippen molar-refractivity contribution in [1.29, 1.82) is 0 Å². The van der Waals surface area contributed by atoms with Crippen molar-refractivity contribution in [2.75, 3.05) is 23.6 Å². The molecule has 2 aliphatic carbocycles. The molecule has 1 N–H and O–H groups in total. The molecular formula is C36H29BrCl2N2O7. The van der Waals surface area contributed by atoms with Crippen molar-refractivity contribution >= 4 is 74.2 Å². The highest BCUT2D eigenvalue weighted by Gasteiger charge is 2.76. The van der Waals surface area contributed by atoms with E-state index in [1.54, 1.807) is 72.8 Å². The van der Waals surface area contributed by atoms with E-state index in [4.69, 9.17) is 27.9 Å². The standard InChI is InChI=1S/C36H29BrCl2N2O7/c37-19-40-33(46)35(38)18-26-23(29(36(35,39)34(40)47)24-8-4-5-9-27(24)48-17-16-42)14-15-25-28(26)32(45)41(31(25)44)22-12-10-21(11-13-22)30(43)20-6-2-1-3-7-20/h1-14,25-26,28-29,42H,15-19H2/t25-,26+,28-,29+,35+,36-/m0/s1. The summed E-state index contributed by atoms with van der Waals surface area (Å²) in [5.74, 6) is -5.38. The number of nitrogens with zero attached hydrogens (tertiary/aromatic N) is 2. The molecule has 9 nitrogen and oxygen atoms in total. The third-order valence-corrected chi connectivity index (χ3v) is 11.9. The Morgan fingerprint density at radius 1 is 0.875 bits per heavy atom.